The van der Waals surface area contributed by atoms with Gasteiger partial charge in [0.05, 0.1) is 0 Å². The molecule has 0 atom stereocenters. The van der Waals surface area contributed by atoms with E-state index in [-0.39, 0.29) is 35.6 Å². The van der Waals surface area contributed by atoms with Crippen molar-refractivity contribution in [2.24, 2.45) is 11.8 Å². The molecular weight excluding hydrogens is 703 g/mol. The normalized spacial score (nSPS) is 14.2. The first kappa shape index (κ1) is 38.5. The van der Waals surface area contributed by atoms with E-state index in [0.717, 1.165) is 6.42 Å². The quantitative estimate of drug-likeness (QED) is 0.222. The Morgan fingerprint density at radius 3 is 1.42 bits per heavy atom. The van der Waals surface area contributed by atoms with Gasteiger partial charge >= 0.3 is 288 Å². The smallest absolute Gasteiger partial charge is 1.00 e. The third kappa shape index (κ3) is 7.41. The number of halogens is 2. The molecule has 0 saturated heterocycles. The van der Waals surface area contributed by atoms with E-state index in [0.29, 0.717) is 15.5 Å². The van der Waals surface area contributed by atoms with Gasteiger partial charge in [-0.1, -0.05) is 0 Å². The molecular formula is C45H52Cl2Zr. The van der Waals surface area contributed by atoms with Crippen molar-refractivity contribution in [3.63, 3.8) is 0 Å². The van der Waals surface area contributed by atoms with E-state index >= 15 is 0 Å². The van der Waals surface area contributed by atoms with Gasteiger partial charge in [0.1, 0.15) is 0 Å². The van der Waals surface area contributed by atoms with Crippen LogP contribution in [-0.2, 0) is 32.1 Å². The third-order valence-electron chi connectivity index (χ3n) is 10.2. The third-order valence-corrected chi connectivity index (χ3v) is 18.6. The van der Waals surface area contributed by atoms with Gasteiger partial charge in [-0.25, -0.2) is 0 Å². The van der Waals surface area contributed by atoms with Gasteiger partial charge in [-0.05, 0) is 0 Å². The van der Waals surface area contributed by atoms with E-state index in [1.807, 2.05) is 0 Å². The van der Waals surface area contributed by atoms with Crippen LogP contribution in [0.15, 0.2) is 118 Å². The molecule has 0 N–H and O–H groups in total. The van der Waals surface area contributed by atoms with Crippen molar-refractivity contribution >= 4 is 3.21 Å². The second kappa shape index (κ2) is 14.9. The van der Waals surface area contributed by atoms with E-state index in [9.17, 15) is 0 Å². The Bertz CT molecular complexity index is 1760. The Labute approximate surface area is 311 Å². The van der Waals surface area contributed by atoms with E-state index in [1.165, 1.54) is 33.4 Å². The van der Waals surface area contributed by atoms with Crippen molar-refractivity contribution in [3.8, 4) is 11.1 Å². The second-order valence-electron chi connectivity index (χ2n) is 16.2. The summed E-state index contributed by atoms with van der Waals surface area (Å²) < 4.78 is 3.84. The van der Waals surface area contributed by atoms with Crippen LogP contribution in [0, 0.1) is 11.8 Å². The molecule has 4 aromatic rings. The molecule has 0 fully saturated rings. The molecule has 48 heavy (non-hydrogen) atoms. The summed E-state index contributed by atoms with van der Waals surface area (Å²) in [5, 5.41) is 0. The van der Waals surface area contributed by atoms with Gasteiger partial charge in [0.25, 0.3) is 0 Å². The van der Waals surface area contributed by atoms with Crippen LogP contribution >= 0.6 is 0 Å². The summed E-state index contributed by atoms with van der Waals surface area (Å²) in [6.07, 6.45) is 3.75. The number of benzene rings is 4. The molecule has 0 aliphatic heterocycles. The molecule has 6 rings (SSSR count). The Balaban J connectivity index is 0.00000260. The molecule has 2 aliphatic carbocycles. The summed E-state index contributed by atoms with van der Waals surface area (Å²) >= 11 is -2.88. The van der Waals surface area contributed by atoms with Gasteiger partial charge in [0, 0.05) is 0 Å². The molecule has 0 amide bonds. The fraction of sp³-hybridized carbons (Fsp3) is 0.356. The topological polar surface area (TPSA) is 0 Å². The number of hydrogen-bond donors (Lipinski definition) is 0. The molecule has 250 valence electrons. The van der Waals surface area contributed by atoms with Gasteiger partial charge in [-0.3, -0.25) is 0 Å². The van der Waals surface area contributed by atoms with E-state index in [2.05, 4.69) is 172 Å². The molecule has 4 aromatic carbocycles. The largest absolute Gasteiger partial charge is 1.00 e. The number of fused-ring (bicyclic) bond motifs is 3. The standard InChI is InChI=1S/C21H25.C13H10.C11H17.2ClH.Zr/c1-20(2,3)16-7-9-18-14(12-16)11-15-13-17(21(4,5)6)8-10-19(15)18;1-3-7-12(8-4-1)11-13-9-5-2-6-10-13;1-8(2)10-5-6-11(7-10)9(3)4;;;/h7-13H,1-6H3;1-10H;7-9H,5H2,1-4H3;2*1H;/q;;;;;+2/p-2. The zero-order chi connectivity index (χ0) is 33.0. The van der Waals surface area contributed by atoms with Gasteiger partial charge in [-0.15, -0.1) is 0 Å². The van der Waals surface area contributed by atoms with E-state index in [1.54, 1.807) is 28.8 Å². The zero-order valence-corrected chi connectivity index (χ0v) is 34.5. The number of allylic oxidation sites excluding steroid dienone is 4. The average Bonchev–Trinajstić information content (AvgIpc) is 3.60. The molecule has 2 aliphatic rings. The fourth-order valence-electron chi connectivity index (χ4n) is 7.44. The van der Waals surface area contributed by atoms with Crippen molar-refractivity contribution < 1.29 is 46.1 Å². The Morgan fingerprint density at radius 2 is 1.04 bits per heavy atom. The Morgan fingerprint density at radius 1 is 0.604 bits per heavy atom. The van der Waals surface area contributed by atoms with Crippen LogP contribution in [0.25, 0.3) is 11.1 Å². The first-order valence-corrected chi connectivity index (χ1v) is 21.2. The molecule has 0 saturated carbocycles. The van der Waals surface area contributed by atoms with Crippen molar-refractivity contribution in [2.75, 3.05) is 0 Å². The number of rotatable bonds is 6. The zero-order valence-electron chi connectivity index (χ0n) is 30.5. The molecule has 0 heterocycles. The maximum absolute atomic E-state index is 2.88. The second-order valence-corrected chi connectivity index (χ2v) is 22.4. The first-order chi connectivity index (χ1) is 21.8. The predicted molar refractivity (Wildman–Crippen MR) is 197 cm³/mol. The summed E-state index contributed by atoms with van der Waals surface area (Å²) in [6.45, 7) is 23.8. The van der Waals surface area contributed by atoms with Gasteiger partial charge in [0.15, 0.2) is 0 Å². The Hall–Kier alpha value is -2.31. The van der Waals surface area contributed by atoms with Crippen LogP contribution < -0.4 is 24.8 Å². The van der Waals surface area contributed by atoms with Crippen LogP contribution in [0.3, 0.4) is 0 Å². The molecule has 0 radical (unpaired) electrons. The van der Waals surface area contributed by atoms with E-state index in [4.69, 9.17) is 0 Å². The average molecular weight is 755 g/mol. The summed E-state index contributed by atoms with van der Waals surface area (Å²) in [7, 11) is 0. The Kier molecular flexibility index (Phi) is 11.9. The summed E-state index contributed by atoms with van der Waals surface area (Å²) in [4.78, 5) is 0. The summed E-state index contributed by atoms with van der Waals surface area (Å²) in [6, 6.07) is 37.8. The van der Waals surface area contributed by atoms with Crippen LogP contribution in [0.1, 0.15) is 113 Å². The van der Waals surface area contributed by atoms with Gasteiger partial charge < -0.3 is 24.8 Å². The summed E-state index contributed by atoms with van der Waals surface area (Å²) in [5.41, 5.74) is 15.1. The van der Waals surface area contributed by atoms with Crippen LogP contribution in [0.5, 0.6) is 0 Å². The maximum Gasteiger partial charge on any atom is -1.00 e. The molecule has 0 bridgehead atoms. The van der Waals surface area contributed by atoms with Crippen LogP contribution in [0.4, 0.5) is 0 Å². The number of hydrogen-bond acceptors (Lipinski definition) is 0. The molecule has 3 heteroatoms. The predicted octanol–water partition coefficient (Wildman–Crippen LogP) is 6.14. The van der Waals surface area contributed by atoms with Gasteiger partial charge in [-0.2, -0.15) is 0 Å². The fourth-order valence-corrected chi connectivity index (χ4v) is 17.4. The molecule has 0 unspecified atom stereocenters. The summed E-state index contributed by atoms with van der Waals surface area (Å²) in [5.74, 6) is 1.05. The molecule has 0 nitrogen and oxygen atoms in total. The minimum absolute atomic E-state index is 0. The monoisotopic (exact) mass is 752 g/mol. The van der Waals surface area contributed by atoms with Crippen molar-refractivity contribution in [1.29, 1.82) is 0 Å². The maximum atomic E-state index is 2.62. The first-order valence-electron chi connectivity index (χ1n) is 17.3. The van der Waals surface area contributed by atoms with Crippen LogP contribution in [0.2, 0.25) is 0 Å². The molecule has 0 aromatic heterocycles. The van der Waals surface area contributed by atoms with Crippen molar-refractivity contribution in [3.05, 3.63) is 151 Å². The SMILES string of the molecule is CC(C)C1=CC(C(C)C)=[C]([Zr+2](=[C](c2ccccc2)c2ccccc2)[CH]2c3cc(C(C)(C)C)ccc3-c3ccc(C(C)(C)C)cc32)C1.[Cl-].[Cl-]. The molecule has 0 spiro atoms. The minimum atomic E-state index is -2.88. The minimum Gasteiger partial charge on any atom is -1.00 e. The van der Waals surface area contributed by atoms with Crippen molar-refractivity contribution in [1.82, 2.24) is 0 Å². The van der Waals surface area contributed by atoms with Crippen molar-refractivity contribution in [2.45, 2.75) is 90.1 Å². The van der Waals surface area contributed by atoms with Gasteiger partial charge in [0.2, 0.25) is 0 Å². The van der Waals surface area contributed by atoms with Crippen LogP contribution in [-0.4, -0.2) is 3.21 Å². The van der Waals surface area contributed by atoms with E-state index < -0.39 is 21.3 Å².